The average molecular weight is 440 g/mol. The first kappa shape index (κ1) is 20.2. The van der Waals surface area contributed by atoms with E-state index in [1.165, 1.54) is 16.2 Å². The highest BCUT2D eigenvalue weighted by Crippen LogP contribution is 2.44. The second kappa shape index (κ2) is 7.77. The summed E-state index contributed by atoms with van der Waals surface area (Å²) in [5.74, 6) is -1.46. The molecule has 1 aliphatic rings. The minimum Gasteiger partial charge on any atom is -0.507 e. The first-order valence-electron chi connectivity index (χ1n) is 10.4. The van der Waals surface area contributed by atoms with Gasteiger partial charge in [-0.1, -0.05) is 48.5 Å². The van der Waals surface area contributed by atoms with E-state index in [0.717, 1.165) is 26.8 Å². The molecule has 1 amide bonds. The standard InChI is InChI=1S/C27H21NO3S/c1-16-9-12-21(14-17(16)2)28-24(22-8-5-13-32-22)23(26(30)27(28)31)25(29)20-11-10-18-6-3-4-7-19(18)15-20/h3-15,24,29H,1-2H3/b25-23-. The third-order valence-corrected chi connectivity index (χ3v) is 6.97. The highest BCUT2D eigenvalue weighted by atomic mass is 32.1. The molecule has 32 heavy (non-hydrogen) atoms. The number of Topliss-reactive ketones (excluding diaryl/α,β-unsaturated/α-hetero) is 1. The van der Waals surface area contributed by atoms with E-state index in [-0.39, 0.29) is 11.3 Å². The quantitative estimate of drug-likeness (QED) is 0.237. The van der Waals surface area contributed by atoms with E-state index in [1.807, 2.05) is 86.0 Å². The Hall–Kier alpha value is -3.70. The summed E-state index contributed by atoms with van der Waals surface area (Å²) in [6.07, 6.45) is 0. The van der Waals surface area contributed by atoms with E-state index in [1.54, 1.807) is 6.07 Å². The molecule has 1 aliphatic heterocycles. The van der Waals surface area contributed by atoms with Crippen LogP contribution in [0.1, 0.15) is 27.6 Å². The molecule has 5 heteroatoms. The molecule has 3 aromatic carbocycles. The van der Waals surface area contributed by atoms with Crippen molar-refractivity contribution in [1.82, 2.24) is 0 Å². The maximum Gasteiger partial charge on any atom is 0.300 e. The van der Waals surface area contributed by atoms with Gasteiger partial charge in [0.1, 0.15) is 11.8 Å². The van der Waals surface area contributed by atoms with E-state index >= 15 is 0 Å². The summed E-state index contributed by atoms with van der Waals surface area (Å²) in [5.41, 5.74) is 3.42. The molecular weight excluding hydrogens is 418 g/mol. The number of aliphatic hydroxyl groups is 1. The number of benzene rings is 3. The van der Waals surface area contributed by atoms with Crippen LogP contribution in [0.5, 0.6) is 0 Å². The molecule has 0 bridgehead atoms. The molecule has 5 rings (SSSR count). The van der Waals surface area contributed by atoms with E-state index < -0.39 is 17.7 Å². The molecule has 4 nitrogen and oxygen atoms in total. The van der Waals surface area contributed by atoms with Gasteiger partial charge in [-0.05, 0) is 65.4 Å². The number of carbonyl (C=O) groups is 2. The molecule has 0 spiro atoms. The van der Waals surface area contributed by atoms with Crippen LogP contribution in [-0.2, 0) is 9.59 Å². The van der Waals surface area contributed by atoms with Crippen molar-refractivity contribution in [3.63, 3.8) is 0 Å². The van der Waals surface area contributed by atoms with Crippen molar-refractivity contribution in [3.05, 3.63) is 105 Å². The lowest BCUT2D eigenvalue weighted by molar-refractivity contribution is -0.132. The predicted molar refractivity (Wildman–Crippen MR) is 129 cm³/mol. The lowest BCUT2D eigenvalue weighted by atomic mass is 9.98. The fourth-order valence-electron chi connectivity index (χ4n) is 4.18. The fourth-order valence-corrected chi connectivity index (χ4v) is 5.01. The highest BCUT2D eigenvalue weighted by Gasteiger charge is 2.47. The lowest BCUT2D eigenvalue weighted by Crippen LogP contribution is -2.29. The number of rotatable bonds is 3. The van der Waals surface area contributed by atoms with Crippen molar-refractivity contribution >= 4 is 45.2 Å². The van der Waals surface area contributed by atoms with Crippen LogP contribution in [0.15, 0.2) is 83.7 Å². The van der Waals surface area contributed by atoms with Gasteiger partial charge in [0.15, 0.2) is 0 Å². The number of hydrogen-bond donors (Lipinski definition) is 1. The van der Waals surface area contributed by atoms with Crippen LogP contribution in [0.4, 0.5) is 5.69 Å². The zero-order valence-corrected chi connectivity index (χ0v) is 18.5. The molecule has 0 aliphatic carbocycles. The normalized spacial score (nSPS) is 17.9. The van der Waals surface area contributed by atoms with Crippen LogP contribution >= 0.6 is 11.3 Å². The second-order valence-electron chi connectivity index (χ2n) is 8.02. The van der Waals surface area contributed by atoms with Gasteiger partial charge in [0.05, 0.1) is 5.57 Å². The van der Waals surface area contributed by atoms with Crippen LogP contribution in [0.2, 0.25) is 0 Å². The second-order valence-corrected chi connectivity index (χ2v) is 8.99. The number of hydrogen-bond acceptors (Lipinski definition) is 4. The third-order valence-electron chi connectivity index (χ3n) is 6.05. The van der Waals surface area contributed by atoms with Crippen LogP contribution in [0.25, 0.3) is 16.5 Å². The van der Waals surface area contributed by atoms with E-state index in [2.05, 4.69) is 0 Å². The predicted octanol–water partition coefficient (Wildman–Crippen LogP) is 6.14. The van der Waals surface area contributed by atoms with Crippen molar-refractivity contribution in [2.75, 3.05) is 4.90 Å². The van der Waals surface area contributed by atoms with Crippen LogP contribution < -0.4 is 4.90 Å². The Balaban J connectivity index is 1.71. The molecule has 1 saturated heterocycles. The Kier molecular flexibility index (Phi) is 4.91. The van der Waals surface area contributed by atoms with Crippen LogP contribution in [0, 0.1) is 13.8 Å². The number of aliphatic hydroxyl groups excluding tert-OH is 1. The van der Waals surface area contributed by atoms with Gasteiger partial charge in [0.25, 0.3) is 11.7 Å². The first-order chi connectivity index (χ1) is 15.5. The number of amides is 1. The van der Waals surface area contributed by atoms with Gasteiger partial charge >= 0.3 is 0 Å². The van der Waals surface area contributed by atoms with Crippen molar-refractivity contribution in [2.24, 2.45) is 0 Å². The molecule has 1 aromatic heterocycles. The zero-order valence-electron chi connectivity index (χ0n) is 17.7. The number of nitrogens with zero attached hydrogens (tertiary/aromatic N) is 1. The molecule has 0 saturated carbocycles. The van der Waals surface area contributed by atoms with Crippen LogP contribution in [0.3, 0.4) is 0 Å². The van der Waals surface area contributed by atoms with Crippen molar-refractivity contribution < 1.29 is 14.7 Å². The van der Waals surface area contributed by atoms with Gasteiger partial charge in [0.2, 0.25) is 0 Å². The average Bonchev–Trinajstić information content (AvgIpc) is 3.42. The van der Waals surface area contributed by atoms with Crippen LogP contribution in [-0.4, -0.2) is 16.8 Å². The first-order valence-corrected chi connectivity index (χ1v) is 11.2. The Labute approximate surface area is 190 Å². The van der Waals surface area contributed by atoms with Gasteiger partial charge < -0.3 is 5.11 Å². The summed E-state index contributed by atoms with van der Waals surface area (Å²) in [4.78, 5) is 28.8. The number of carbonyl (C=O) groups excluding carboxylic acids is 2. The summed E-state index contributed by atoms with van der Waals surface area (Å²) in [5, 5.41) is 15.2. The Morgan fingerprint density at radius 2 is 1.66 bits per heavy atom. The molecule has 1 N–H and O–H groups in total. The SMILES string of the molecule is Cc1ccc(N2C(=O)C(=O)/C(=C(\O)c3ccc4ccccc4c3)C2c2cccs2)cc1C. The lowest BCUT2D eigenvalue weighted by Gasteiger charge is -2.24. The molecule has 2 heterocycles. The number of anilines is 1. The number of aryl methyl sites for hydroxylation is 2. The summed E-state index contributed by atoms with van der Waals surface area (Å²) in [6, 6.07) is 22.2. The van der Waals surface area contributed by atoms with Crippen molar-refractivity contribution in [3.8, 4) is 0 Å². The number of thiophene rings is 1. The highest BCUT2D eigenvalue weighted by molar-refractivity contribution is 7.10. The van der Waals surface area contributed by atoms with E-state index in [9.17, 15) is 14.7 Å². The van der Waals surface area contributed by atoms with Gasteiger partial charge in [-0.3, -0.25) is 14.5 Å². The largest absolute Gasteiger partial charge is 0.507 e. The summed E-state index contributed by atoms with van der Waals surface area (Å²) < 4.78 is 0. The Morgan fingerprint density at radius 1 is 0.875 bits per heavy atom. The summed E-state index contributed by atoms with van der Waals surface area (Å²) >= 11 is 1.46. The third kappa shape index (κ3) is 3.22. The monoisotopic (exact) mass is 439 g/mol. The number of fused-ring (bicyclic) bond motifs is 1. The molecule has 4 aromatic rings. The smallest absolute Gasteiger partial charge is 0.300 e. The van der Waals surface area contributed by atoms with Gasteiger partial charge in [-0.2, -0.15) is 0 Å². The van der Waals surface area contributed by atoms with Crippen molar-refractivity contribution in [2.45, 2.75) is 19.9 Å². The Morgan fingerprint density at radius 3 is 2.38 bits per heavy atom. The molecule has 1 fully saturated rings. The molecule has 1 atom stereocenters. The minimum absolute atomic E-state index is 0.117. The maximum atomic E-state index is 13.2. The Bertz CT molecular complexity index is 1400. The zero-order chi connectivity index (χ0) is 22.4. The van der Waals surface area contributed by atoms with Crippen molar-refractivity contribution in [1.29, 1.82) is 0 Å². The fraction of sp³-hybridized carbons (Fsp3) is 0.111. The summed E-state index contributed by atoms with van der Waals surface area (Å²) in [7, 11) is 0. The van der Waals surface area contributed by atoms with Gasteiger partial charge in [0, 0.05) is 16.1 Å². The maximum absolute atomic E-state index is 13.2. The molecule has 1 unspecified atom stereocenters. The molecular formula is C27H21NO3S. The molecule has 0 radical (unpaired) electrons. The van der Waals surface area contributed by atoms with E-state index in [4.69, 9.17) is 0 Å². The summed E-state index contributed by atoms with van der Waals surface area (Å²) in [6.45, 7) is 3.98. The number of ketones is 1. The van der Waals surface area contributed by atoms with Gasteiger partial charge in [-0.15, -0.1) is 11.3 Å². The van der Waals surface area contributed by atoms with Gasteiger partial charge in [-0.25, -0.2) is 0 Å². The molecule has 158 valence electrons. The minimum atomic E-state index is -0.677. The topological polar surface area (TPSA) is 57.6 Å². The van der Waals surface area contributed by atoms with E-state index in [0.29, 0.717) is 11.3 Å².